The lowest BCUT2D eigenvalue weighted by Gasteiger charge is -2.06. The van der Waals surface area contributed by atoms with E-state index in [1.54, 1.807) is 6.07 Å². The van der Waals surface area contributed by atoms with Gasteiger partial charge in [-0.25, -0.2) is 9.18 Å². The molecule has 2 aromatic carbocycles. The molecule has 0 aliphatic heterocycles. The third-order valence-electron chi connectivity index (χ3n) is 2.75. The van der Waals surface area contributed by atoms with Crippen molar-refractivity contribution in [1.29, 1.82) is 0 Å². The lowest BCUT2D eigenvalue weighted by molar-refractivity contribution is -0.384. The van der Waals surface area contributed by atoms with E-state index in [4.69, 9.17) is 16.3 Å². The standard InChI is InChI=1S/C14H8BrClFNO4/c15-10-3-1-9(12(17)6-10)7-22-14(19)8-2-4-11(16)13(5-8)18(20)21/h1-6H,7H2. The van der Waals surface area contributed by atoms with Crippen LogP contribution in [0.5, 0.6) is 0 Å². The first-order valence-electron chi connectivity index (χ1n) is 5.93. The van der Waals surface area contributed by atoms with Gasteiger partial charge in [0.25, 0.3) is 5.69 Å². The Bertz CT molecular complexity index is 754. The summed E-state index contributed by atoms with van der Waals surface area (Å²) in [6.45, 7) is -0.283. The normalized spacial score (nSPS) is 10.3. The second kappa shape index (κ2) is 6.85. The van der Waals surface area contributed by atoms with Gasteiger partial charge in [-0.3, -0.25) is 10.1 Å². The number of benzene rings is 2. The van der Waals surface area contributed by atoms with Gasteiger partial charge in [0.05, 0.1) is 10.5 Å². The average molecular weight is 389 g/mol. The molecular formula is C14H8BrClFNO4. The quantitative estimate of drug-likeness (QED) is 0.439. The lowest BCUT2D eigenvalue weighted by atomic mass is 10.2. The molecule has 0 spiro atoms. The van der Waals surface area contributed by atoms with E-state index in [1.807, 2.05) is 0 Å². The van der Waals surface area contributed by atoms with E-state index in [1.165, 1.54) is 24.3 Å². The number of carbonyl (C=O) groups is 1. The van der Waals surface area contributed by atoms with Crippen LogP contribution in [0.25, 0.3) is 0 Å². The maximum Gasteiger partial charge on any atom is 0.338 e. The van der Waals surface area contributed by atoms with Crippen LogP contribution >= 0.6 is 27.5 Å². The minimum Gasteiger partial charge on any atom is -0.457 e. The first-order valence-corrected chi connectivity index (χ1v) is 7.10. The number of rotatable bonds is 4. The van der Waals surface area contributed by atoms with Crippen molar-refractivity contribution in [2.75, 3.05) is 0 Å². The zero-order valence-corrected chi connectivity index (χ0v) is 13.2. The van der Waals surface area contributed by atoms with Gasteiger partial charge in [0.2, 0.25) is 0 Å². The van der Waals surface area contributed by atoms with Gasteiger partial charge >= 0.3 is 5.97 Å². The topological polar surface area (TPSA) is 69.4 Å². The largest absolute Gasteiger partial charge is 0.457 e. The molecule has 5 nitrogen and oxygen atoms in total. The number of carbonyl (C=O) groups excluding carboxylic acids is 1. The third kappa shape index (κ3) is 3.80. The molecule has 0 radical (unpaired) electrons. The fourth-order valence-electron chi connectivity index (χ4n) is 1.64. The summed E-state index contributed by atoms with van der Waals surface area (Å²) in [6.07, 6.45) is 0. The van der Waals surface area contributed by atoms with Crippen LogP contribution in [0.2, 0.25) is 5.02 Å². The van der Waals surface area contributed by atoms with Crippen LogP contribution in [0, 0.1) is 15.9 Å². The molecule has 0 unspecified atom stereocenters. The number of hydrogen-bond donors (Lipinski definition) is 0. The van der Waals surface area contributed by atoms with Gasteiger partial charge in [0, 0.05) is 16.1 Å². The highest BCUT2D eigenvalue weighted by Crippen LogP contribution is 2.25. The Kier molecular flexibility index (Phi) is 5.10. The molecule has 0 bridgehead atoms. The first-order chi connectivity index (χ1) is 10.4. The number of hydrogen-bond acceptors (Lipinski definition) is 4. The van der Waals surface area contributed by atoms with E-state index < -0.39 is 22.4 Å². The van der Waals surface area contributed by atoms with Crippen molar-refractivity contribution in [3.05, 3.63) is 73.0 Å². The number of esters is 1. The second-order valence-corrected chi connectivity index (χ2v) is 5.56. The predicted octanol–water partition coefficient (Wildman–Crippen LogP) is 4.51. The lowest BCUT2D eigenvalue weighted by Crippen LogP contribution is -2.07. The van der Waals surface area contributed by atoms with Crippen LogP contribution < -0.4 is 0 Å². The highest BCUT2D eigenvalue weighted by Gasteiger charge is 2.17. The molecule has 0 heterocycles. The Morgan fingerprint density at radius 1 is 1.32 bits per heavy atom. The van der Waals surface area contributed by atoms with E-state index in [9.17, 15) is 19.3 Å². The first kappa shape index (κ1) is 16.4. The zero-order chi connectivity index (χ0) is 16.3. The average Bonchev–Trinajstić information content (AvgIpc) is 2.46. The molecule has 0 atom stereocenters. The summed E-state index contributed by atoms with van der Waals surface area (Å²) in [4.78, 5) is 21.9. The summed E-state index contributed by atoms with van der Waals surface area (Å²) in [5.74, 6) is -1.33. The van der Waals surface area contributed by atoms with E-state index in [0.717, 1.165) is 6.07 Å². The van der Waals surface area contributed by atoms with Crippen LogP contribution in [0.15, 0.2) is 40.9 Å². The van der Waals surface area contributed by atoms with Crippen molar-refractivity contribution in [3.63, 3.8) is 0 Å². The molecule has 2 rings (SSSR count). The van der Waals surface area contributed by atoms with Crippen molar-refractivity contribution < 1.29 is 18.8 Å². The summed E-state index contributed by atoms with van der Waals surface area (Å²) >= 11 is 8.77. The third-order valence-corrected chi connectivity index (χ3v) is 3.57. The predicted molar refractivity (Wildman–Crippen MR) is 81.3 cm³/mol. The van der Waals surface area contributed by atoms with Crippen LogP contribution in [0.4, 0.5) is 10.1 Å². The van der Waals surface area contributed by atoms with Crippen molar-refractivity contribution in [3.8, 4) is 0 Å². The summed E-state index contributed by atoms with van der Waals surface area (Å²) in [6, 6.07) is 7.88. The van der Waals surface area contributed by atoms with Crippen LogP contribution in [0.3, 0.4) is 0 Å². The van der Waals surface area contributed by atoms with Crippen LogP contribution in [0.1, 0.15) is 15.9 Å². The van der Waals surface area contributed by atoms with Crippen molar-refractivity contribution in [2.45, 2.75) is 6.61 Å². The monoisotopic (exact) mass is 387 g/mol. The molecule has 0 saturated heterocycles. The molecule has 0 aliphatic carbocycles. The van der Waals surface area contributed by atoms with Crippen molar-refractivity contribution in [2.24, 2.45) is 0 Å². The second-order valence-electron chi connectivity index (χ2n) is 4.24. The molecule has 0 aliphatic rings. The fraction of sp³-hybridized carbons (Fsp3) is 0.0714. The molecule has 114 valence electrons. The highest BCUT2D eigenvalue weighted by molar-refractivity contribution is 9.10. The number of nitro benzene ring substituents is 1. The minimum atomic E-state index is -0.804. The van der Waals surface area contributed by atoms with E-state index in [2.05, 4.69) is 15.9 Å². The Hall–Kier alpha value is -1.99. The summed E-state index contributed by atoms with van der Waals surface area (Å²) in [7, 11) is 0. The Balaban J connectivity index is 2.12. The zero-order valence-electron chi connectivity index (χ0n) is 10.9. The number of nitrogens with zero attached hydrogens (tertiary/aromatic N) is 1. The fourth-order valence-corrected chi connectivity index (χ4v) is 2.16. The summed E-state index contributed by atoms with van der Waals surface area (Å²) in [5.41, 5.74) is -0.237. The van der Waals surface area contributed by atoms with Crippen LogP contribution in [-0.2, 0) is 11.3 Å². The highest BCUT2D eigenvalue weighted by atomic mass is 79.9. The summed E-state index contributed by atoms with van der Waals surface area (Å²) in [5, 5.41) is 10.7. The molecule has 0 fully saturated rings. The van der Waals surface area contributed by atoms with Crippen molar-refractivity contribution >= 4 is 39.2 Å². The Morgan fingerprint density at radius 2 is 2.05 bits per heavy atom. The van der Waals surface area contributed by atoms with Gasteiger partial charge in [-0.05, 0) is 24.3 Å². The molecule has 2 aromatic rings. The van der Waals surface area contributed by atoms with Gasteiger partial charge in [-0.15, -0.1) is 0 Å². The Morgan fingerprint density at radius 3 is 2.68 bits per heavy atom. The smallest absolute Gasteiger partial charge is 0.338 e. The van der Waals surface area contributed by atoms with Gasteiger partial charge in [0.15, 0.2) is 0 Å². The van der Waals surface area contributed by atoms with E-state index in [-0.39, 0.29) is 22.8 Å². The van der Waals surface area contributed by atoms with Crippen molar-refractivity contribution in [1.82, 2.24) is 0 Å². The van der Waals surface area contributed by atoms with E-state index in [0.29, 0.717) is 4.47 Å². The Labute approximate surface area is 137 Å². The van der Waals surface area contributed by atoms with Gasteiger partial charge < -0.3 is 4.74 Å². The van der Waals surface area contributed by atoms with E-state index >= 15 is 0 Å². The van der Waals surface area contributed by atoms with Crippen LogP contribution in [-0.4, -0.2) is 10.9 Å². The van der Waals surface area contributed by atoms with Gasteiger partial charge in [-0.2, -0.15) is 0 Å². The molecular weight excluding hydrogens is 381 g/mol. The molecule has 22 heavy (non-hydrogen) atoms. The molecule has 8 heteroatoms. The maximum atomic E-state index is 13.6. The number of ether oxygens (including phenoxy) is 1. The number of halogens is 3. The number of nitro groups is 1. The molecule has 0 amide bonds. The molecule has 0 aromatic heterocycles. The molecule has 0 N–H and O–H groups in total. The minimum absolute atomic E-state index is 0.0337. The summed E-state index contributed by atoms with van der Waals surface area (Å²) < 4.78 is 19.1. The maximum absolute atomic E-state index is 13.6. The molecule has 0 saturated carbocycles. The SMILES string of the molecule is O=C(OCc1ccc(Br)cc1F)c1ccc(Cl)c([N+](=O)[O-])c1. The van der Waals surface area contributed by atoms with Gasteiger partial charge in [-0.1, -0.05) is 33.6 Å². The van der Waals surface area contributed by atoms with Gasteiger partial charge in [0.1, 0.15) is 17.4 Å².